The van der Waals surface area contributed by atoms with Gasteiger partial charge < -0.3 is 14.2 Å². The van der Waals surface area contributed by atoms with Crippen LogP contribution in [0.2, 0.25) is 0 Å². The summed E-state index contributed by atoms with van der Waals surface area (Å²) in [7, 11) is -4.10. The minimum atomic E-state index is -4.10. The maximum atomic E-state index is 13.1. The second-order valence-corrected chi connectivity index (χ2v) is 11.0. The van der Waals surface area contributed by atoms with Crippen LogP contribution in [0, 0.1) is 48.1 Å². The van der Waals surface area contributed by atoms with Gasteiger partial charge >= 0.3 is 0 Å². The van der Waals surface area contributed by atoms with Crippen LogP contribution in [-0.4, -0.2) is 37.2 Å². The van der Waals surface area contributed by atoms with Gasteiger partial charge in [-0.15, -0.1) is 6.42 Å². The average molecular weight is 612 g/mol. The Kier molecular flexibility index (Phi) is 14.0. The summed E-state index contributed by atoms with van der Waals surface area (Å²) in [6.07, 6.45) is 19.7. The van der Waals surface area contributed by atoms with Crippen molar-refractivity contribution in [1.29, 1.82) is 0 Å². The van der Waals surface area contributed by atoms with E-state index >= 15 is 0 Å². The molecule has 3 aromatic rings. The van der Waals surface area contributed by atoms with Crippen LogP contribution in [0.1, 0.15) is 62.2 Å². The van der Waals surface area contributed by atoms with Crippen LogP contribution >= 0.6 is 0 Å². The molecule has 2 aromatic carbocycles. The molecule has 0 aliphatic heterocycles. The molecule has 0 unspecified atom stereocenters. The summed E-state index contributed by atoms with van der Waals surface area (Å²) in [5.41, 5.74) is -0.0646. The van der Waals surface area contributed by atoms with Gasteiger partial charge in [0.15, 0.2) is 24.0 Å². The fraction of sp³-hybridized carbons (Fsp3) is 0.294. The number of hydrogen-bond acceptors (Lipinski definition) is 7. The second-order valence-electron chi connectivity index (χ2n) is 9.26. The maximum absolute atomic E-state index is 13.1. The number of benzene rings is 2. The first-order valence-corrected chi connectivity index (χ1v) is 15.6. The molecular weight excluding hydrogens is 578 g/mol. The fourth-order valence-corrected chi connectivity index (χ4v) is 4.79. The number of hydrogen-bond donors (Lipinski definition) is 1. The smallest absolute Gasteiger partial charge is 0.266 e. The lowest BCUT2D eigenvalue weighted by Crippen LogP contribution is -2.28. The van der Waals surface area contributed by atoms with Crippen LogP contribution in [0.25, 0.3) is 0 Å². The van der Waals surface area contributed by atoms with Crippen molar-refractivity contribution in [2.24, 2.45) is 0 Å². The summed E-state index contributed by atoms with van der Waals surface area (Å²) >= 11 is 0. The van der Waals surface area contributed by atoms with Gasteiger partial charge in [0, 0.05) is 30.2 Å². The summed E-state index contributed by atoms with van der Waals surface area (Å²) < 4.78 is 46.8. The molecule has 1 heterocycles. The van der Waals surface area contributed by atoms with Gasteiger partial charge in [0.1, 0.15) is 12.4 Å². The molecule has 44 heavy (non-hydrogen) atoms. The van der Waals surface area contributed by atoms with Crippen molar-refractivity contribution >= 4 is 15.9 Å². The first-order valence-electron chi connectivity index (χ1n) is 14.1. The molecule has 0 atom stereocenters. The van der Waals surface area contributed by atoms with Gasteiger partial charge in [-0.3, -0.25) is 9.36 Å². The predicted octanol–water partition coefficient (Wildman–Crippen LogP) is 5.00. The molecular formula is C34H33N3O6S. The molecule has 0 bridgehead atoms. The van der Waals surface area contributed by atoms with Gasteiger partial charge in [0.05, 0.1) is 17.1 Å². The number of nitrogens with zero attached hydrogens (tertiary/aromatic N) is 2. The van der Waals surface area contributed by atoms with Crippen LogP contribution in [0.4, 0.5) is 0 Å². The lowest BCUT2D eigenvalue weighted by Gasteiger charge is -2.14. The normalized spacial score (nSPS) is 10.1. The molecule has 0 amide bonds. The maximum Gasteiger partial charge on any atom is 0.266 e. The molecule has 0 aliphatic carbocycles. The first-order chi connectivity index (χ1) is 21.5. The zero-order valence-corrected chi connectivity index (χ0v) is 25.3. The van der Waals surface area contributed by atoms with Gasteiger partial charge in [-0.25, -0.2) is 13.4 Å². The van der Waals surface area contributed by atoms with E-state index in [-0.39, 0.29) is 22.9 Å². The highest BCUT2D eigenvalue weighted by molar-refractivity contribution is 7.89. The number of ether oxygens (including phenoxy) is 3. The molecule has 0 aliphatic rings. The van der Waals surface area contributed by atoms with Gasteiger partial charge in [0.2, 0.25) is 10.0 Å². The lowest BCUT2D eigenvalue weighted by molar-refractivity contribution is 0.0957. The number of rotatable bonds is 16. The number of terminal acetylenes is 1. The molecule has 1 N–H and O–H groups in total. The zero-order valence-electron chi connectivity index (χ0n) is 24.5. The fourth-order valence-electron chi connectivity index (χ4n) is 3.88. The van der Waals surface area contributed by atoms with E-state index < -0.39 is 15.9 Å². The lowest BCUT2D eigenvalue weighted by atomic mass is 10.1. The molecule has 226 valence electrons. The molecule has 1 aromatic heterocycles. The van der Waals surface area contributed by atoms with Gasteiger partial charge in [-0.2, -0.15) is 4.72 Å². The van der Waals surface area contributed by atoms with Crippen LogP contribution in [0.5, 0.6) is 17.2 Å². The van der Waals surface area contributed by atoms with Crippen molar-refractivity contribution in [1.82, 2.24) is 14.3 Å². The minimum absolute atomic E-state index is 0.0231. The van der Waals surface area contributed by atoms with E-state index in [0.29, 0.717) is 18.1 Å². The summed E-state index contributed by atoms with van der Waals surface area (Å²) in [5.74, 6) is 14.5. The molecule has 0 radical (unpaired) electrons. The number of aromatic nitrogens is 2. The monoisotopic (exact) mass is 611 g/mol. The molecule has 3 rings (SSSR count). The molecule has 0 saturated heterocycles. The van der Waals surface area contributed by atoms with Crippen LogP contribution in [0.3, 0.4) is 0 Å². The largest absolute Gasteiger partial charge is 0.490 e. The molecule has 0 spiro atoms. The Morgan fingerprint density at radius 1 is 0.909 bits per heavy atom. The van der Waals surface area contributed by atoms with Crippen molar-refractivity contribution in [3.8, 4) is 65.3 Å². The Balaban J connectivity index is 1.65. The number of carbonyl (C=O) groups is 1. The Morgan fingerprint density at radius 3 is 2.34 bits per heavy atom. The number of sulfonamides is 1. The summed E-state index contributed by atoms with van der Waals surface area (Å²) in [6.45, 7) is 2.38. The third-order valence-corrected chi connectivity index (χ3v) is 7.47. The van der Waals surface area contributed by atoms with Crippen LogP contribution in [-0.2, 0) is 10.0 Å². The summed E-state index contributed by atoms with van der Waals surface area (Å²) in [6, 6.07) is 10.9. The predicted molar refractivity (Wildman–Crippen MR) is 167 cm³/mol. The van der Waals surface area contributed by atoms with E-state index in [9.17, 15) is 13.2 Å². The zero-order chi connectivity index (χ0) is 31.5. The topological polar surface area (TPSA) is 109 Å². The molecule has 0 fully saturated rings. The van der Waals surface area contributed by atoms with Crippen molar-refractivity contribution in [3.05, 3.63) is 66.7 Å². The highest BCUT2D eigenvalue weighted by atomic mass is 32.2. The first kappa shape index (κ1) is 33.4. The third-order valence-electron chi connectivity index (χ3n) is 6.10. The van der Waals surface area contributed by atoms with Gasteiger partial charge in [0.25, 0.3) is 5.91 Å². The van der Waals surface area contributed by atoms with Crippen molar-refractivity contribution < 1.29 is 27.4 Å². The number of imidazole rings is 1. The van der Waals surface area contributed by atoms with Crippen LogP contribution in [0.15, 0.2) is 66.1 Å². The number of para-hydroxylation sites is 2. The Bertz CT molecular complexity index is 1720. The Hall–Kier alpha value is -5.13. The number of carbonyl (C=O) groups excluding carboxylic acids is 1. The molecule has 0 saturated carbocycles. The van der Waals surface area contributed by atoms with Crippen molar-refractivity contribution in [2.75, 3.05) is 13.3 Å². The van der Waals surface area contributed by atoms with E-state index in [0.717, 1.165) is 12.8 Å². The third kappa shape index (κ3) is 10.9. The van der Waals surface area contributed by atoms with Gasteiger partial charge in [-0.1, -0.05) is 57.6 Å². The second kappa shape index (κ2) is 18.4. The Morgan fingerprint density at radius 2 is 1.61 bits per heavy atom. The van der Waals surface area contributed by atoms with E-state index in [2.05, 4.69) is 58.3 Å². The van der Waals surface area contributed by atoms with E-state index in [1.165, 1.54) is 73.6 Å². The standard InChI is InChI=1S/C34H33N3O6S/c1-3-5-7-9-11-13-17-25-42-32-18-14-15-19-33(32)43-28-36-44(39,40)29-20-21-31(41-24-16-12-10-8-6-4-2)30(26-29)34(38)37-23-22-35-27-37/h2,14-15,18-23,26-27,36H,3,5,7,9,11,13,17,25,28H2,1H3. The quantitative estimate of drug-likeness (QED) is 0.138. The summed E-state index contributed by atoms with van der Waals surface area (Å²) in [5, 5.41) is 0. The van der Waals surface area contributed by atoms with Gasteiger partial charge in [-0.05, 0) is 54.5 Å². The number of nitrogens with one attached hydrogen (secondary N) is 1. The number of unbranched alkanes of at least 4 members (excludes halogenated alkanes) is 6. The van der Waals surface area contributed by atoms with E-state index in [1.54, 1.807) is 18.2 Å². The SMILES string of the molecule is C#CC#CC#CC#COc1ccc(S(=O)(=O)NCOc2ccccc2OCCCCCCCCC)cc1C(=O)n1ccnc1. The van der Waals surface area contributed by atoms with E-state index in [1.807, 2.05) is 6.07 Å². The van der Waals surface area contributed by atoms with Crippen molar-refractivity contribution in [2.45, 2.75) is 56.8 Å². The highest BCUT2D eigenvalue weighted by Crippen LogP contribution is 2.27. The van der Waals surface area contributed by atoms with Crippen molar-refractivity contribution in [3.63, 3.8) is 0 Å². The van der Waals surface area contributed by atoms with Crippen LogP contribution < -0.4 is 18.9 Å². The molecule has 9 nitrogen and oxygen atoms in total. The Labute approximate surface area is 259 Å². The highest BCUT2D eigenvalue weighted by Gasteiger charge is 2.21. The van der Waals surface area contributed by atoms with E-state index in [4.69, 9.17) is 20.6 Å². The summed E-state index contributed by atoms with van der Waals surface area (Å²) in [4.78, 5) is 16.8. The molecule has 10 heteroatoms. The average Bonchev–Trinajstić information content (AvgIpc) is 3.57. The minimum Gasteiger partial charge on any atom is -0.490 e.